The van der Waals surface area contributed by atoms with Crippen LogP contribution in [0.4, 0.5) is 4.39 Å². The Bertz CT molecular complexity index is 934. The van der Waals surface area contributed by atoms with Crippen LogP contribution in [-0.4, -0.2) is 43.8 Å². The first kappa shape index (κ1) is 20.7. The molecule has 1 aliphatic rings. The maximum Gasteiger partial charge on any atom is 0.295 e. The van der Waals surface area contributed by atoms with Crippen molar-refractivity contribution in [3.63, 3.8) is 0 Å². The van der Waals surface area contributed by atoms with Gasteiger partial charge in [0.05, 0.1) is 26.7 Å². The summed E-state index contributed by atoms with van der Waals surface area (Å²) in [5.74, 6) is -2.33. The minimum atomic E-state index is -0.804. The number of Topliss-reactive ketones (excluding diaryl/α,β-unsaturated/α-hetero) is 1. The van der Waals surface area contributed by atoms with Crippen LogP contribution < -0.4 is 10.0 Å². The SMILES string of the molecule is Cc1ccc(/C([O-])=C2\C(=O)C(=O)N(CCC[NH+](C)C)C2c2ccc(F)cc2)cc1. The zero-order chi connectivity index (χ0) is 21.1. The first-order chi connectivity index (χ1) is 13.8. The Labute approximate surface area is 170 Å². The highest BCUT2D eigenvalue weighted by molar-refractivity contribution is 6.46. The van der Waals surface area contributed by atoms with Crippen LogP contribution in [0.5, 0.6) is 0 Å². The van der Waals surface area contributed by atoms with Gasteiger partial charge in [-0.25, -0.2) is 4.39 Å². The molecule has 1 amide bonds. The lowest BCUT2D eigenvalue weighted by Gasteiger charge is -2.27. The lowest BCUT2D eigenvalue weighted by Crippen LogP contribution is -3.05. The van der Waals surface area contributed by atoms with Crippen molar-refractivity contribution >= 4 is 17.4 Å². The Balaban J connectivity index is 2.07. The quantitative estimate of drug-likeness (QED) is 0.448. The van der Waals surface area contributed by atoms with E-state index in [1.54, 1.807) is 24.3 Å². The Morgan fingerprint density at radius 2 is 1.69 bits per heavy atom. The van der Waals surface area contributed by atoms with Crippen LogP contribution in [0.25, 0.3) is 5.76 Å². The van der Waals surface area contributed by atoms with Crippen LogP contribution in [-0.2, 0) is 9.59 Å². The number of nitrogens with zero attached hydrogens (tertiary/aromatic N) is 1. The van der Waals surface area contributed by atoms with E-state index in [-0.39, 0.29) is 5.57 Å². The molecule has 152 valence electrons. The van der Waals surface area contributed by atoms with Crippen LogP contribution in [0.15, 0.2) is 54.1 Å². The van der Waals surface area contributed by atoms with Gasteiger partial charge in [-0.05, 0) is 30.2 Å². The third-order valence-corrected chi connectivity index (χ3v) is 5.10. The van der Waals surface area contributed by atoms with Crippen molar-refractivity contribution in [2.75, 3.05) is 27.2 Å². The molecule has 6 heteroatoms. The van der Waals surface area contributed by atoms with E-state index in [0.717, 1.165) is 12.1 Å². The maximum atomic E-state index is 13.5. The predicted octanol–water partition coefficient (Wildman–Crippen LogP) is 0.893. The summed E-state index contributed by atoms with van der Waals surface area (Å²) in [6, 6.07) is 11.7. The summed E-state index contributed by atoms with van der Waals surface area (Å²) in [5.41, 5.74) is 1.84. The Morgan fingerprint density at radius 1 is 1.07 bits per heavy atom. The normalized spacial score (nSPS) is 18.7. The number of quaternary nitrogens is 1. The number of amides is 1. The topological polar surface area (TPSA) is 64.9 Å². The van der Waals surface area contributed by atoms with E-state index in [9.17, 15) is 19.1 Å². The minimum Gasteiger partial charge on any atom is -0.872 e. The molecule has 3 rings (SSSR count). The lowest BCUT2D eigenvalue weighted by atomic mass is 9.95. The zero-order valence-corrected chi connectivity index (χ0v) is 16.9. The summed E-state index contributed by atoms with van der Waals surface area (Å²) >= 11 is 0. The summed E-state index contributed by atoms with van der Waals surface area (Å²) in [5, 5.41) is 13.2. The van der Waals surface area contributed by atoms with Gasteiger partial charge >= 0.3 is 0 Å². The van der Waals surface area contributed by atoms with Crippen LogP contribution in [0.3, 0.4) is 0 Å². The summed E-state index contributed by atoms with van der Waals surface area (Å²) in [4.78, 5) is 28.2. The van der Waals surface area contributed by atoms with Gasteiger partial charge in [-0.15, -0.1) is 0 Å². The van der Waals surface area contributed by atoms with Gasteiger partial charge in [0.15, 0.2) is 0 Å². The van der Waals surface area contributed by atoms with Gasteiger partial charge < -0.3 is 14.9 Å². The molecular weight excluding hydrogens is 371 g/mol. The number of ketones is 1. The van der Waals surface area contributed by atoms with Gasteiger partial charge in [0, 0.05) is 18.5 Å². The van der Waals surface area contributed by atoms with E-state index in [4.69, 9.17) is 0 Å². The second kappa shape index (κ2) is 8.57. The molecule has 1 saturated heterocycles. The third-order valence-electron chi connectivity index (χ3n) is 5.10. The molecule has 1 heterocycles. The van der Waals surface area contributed by atoms with Gasteiger partial charge in [0.25, 0.3) is 5.91 Å². The van der Waals surface area contributed by atoms with Gasteiger partial charge in [-0.2, -0.15) is 0 Å². The zero-order valence-electron chi connectivity index (χ0n) is 16.9. The van der Waals surface area contributed by atoms with Gasteiger partial charge in [0.2, 0.25) is 5.78 Å². The molecule has 0 spiro atoms. The van der Waals surface area contributed by atoms with Crippen molar-refractivity contribution in [1.29, 1.82) is 0 Å². The number of hydrogen-bond donors (Lipinski definition) is 1. The van der Waals surface area contributed by atoms with Crippen molar-refractivity contribution in [1.82, 2.24) is 4.90 Å². The summed E-state index contributed by atoms with van der Waals surface area (Å²) in [7, 11) is 4.01. The van der Waals surface area contributed by atoms with Crippen molar-refractivity contribution in [2.45, 2.75) is 19.4 Å². The molecule has 0 aromatic heterocycles. The van der Waals surface area contributed by atoms with Crippen LogP contribution in [0.2, 0.25) is 0 Å². The van der Waals surface area contributed by atoms with Crippen molar-refractivity contribution in [3.8, 4) is 0 Å². The number of hydrogen-bond acceptors (Lipinski definition) is 3. The second-order valence-corrected chi connectivity index (χ2v) is 7.70. The smallest absolute Gasteiger partial charge is 0.295 e. The number of benzene rings is 2. The highest BCUT2D eigenvalue weighted by Gasteiger charge is 2.43. The monoisotopic (exact) mass is 396 g/mol. The molecule has 5 nitrogen and oxygen atoms in total. The van der Waals surface area contributed by atoms with Gasteiger partial charge in [-0.3, -0.25) is 9.59 Å². The first-order valence-electron chi connectivity index (χ1n) is 9.67. The molecule has 0 bridgehead atoms. The van der Waals surface area contributed by atoms with Crippen molar-refractivity contribution in [3.05, 3.63) is 76.6 Å². The number of carbonyl (C=O) groups is 2. The molecule has 0 saturated carbocycles. The number of rotatable bonds is 6. The Morgan fingerprint density at radius 3 is 2.28 bits per heavy atom. The van der Waals surface area contributed by atoms with E-state index in [2.05, 4.69) is 0 Å². The molecule has 1 unspecified atom stereocenters. The number of aryl methyl sites for hydroxylation is 1. The number of likely N-dealkylation sites (tertiary alicyclic amines) is 1. The summed E-state index contributed by atoms with van der Waals surface area (Å²) in [6.45, 7) is 3.07. The Kier molecular flexibility index (Phi) is 6.13. The largest absolute Gasteiger partial charge is 0.872 e. The van der Waals surface area contributed by atoms with Crippen molar-refractivity contribution in [2.24, 2.45) is 0 Å². The average molecular weight is 396 g/mol. The minimum absolute atomic E-state index is 0.0670. The van der Waals surface area contributed by atoms with E-state index in [1.807, 2.05) is 21.0 Å². The Hall–Kier alpha value is -2.99. The summed E-state index contributed by atoms with van der Waals surface area (Å²) in [6.07, 6.45) is 0.686. The highest BCUT2D eigenvalue weighted by Crippen LogP contribution is 2.38. The molecule has 0 radical (unpaired) electrons. The lowest BCUT2D eigenvalue weighted by molar-refractivity contribution is -0.858. The molecule has 1 fully saturated rings. The number of nitrogens with one attached hydrogen (secondary N) is 1. The van der Waals surface area contributed by atoms with Gasteiger partial charge in [0.1, 0.15) is 5.82 Å². The fraction of sp³-hybridized carbons (Fsp3) is 0.304. The molecular formula is C23H25FN2O3. The first-order valence-corrected chi connectivity index (χ1v) is 9.67. The highest BCUT2D eigenvalue weighted by atomic mass is 19.1. The fourth-order valence-electron chi connectivity index (χ4n) is 3.56. The second-order valence-electron chi connectivity index (χ2n) is 7.70. The standard InChI is InChI=1S/C23H25FN2O3/c1-15-5-7-17(8-6-15)21(27)19-20(16-9-11-18(24)12-10-16)26(23(29)22(19)28)14-4-13-25(2)3/h5-12,20,27H,4,13-14H2,1-3H3/b21-19+. The predicted molar refractivity (Wildman–Crippen MR) is 106 cm³/mol. The van der Waals surface area contributed by atoms with Crippen LogP contribution in [0.1, 0.15) is 29.2 Å². The number of halogens is 1. The maximum absolute atomic E-state index is 13.5. The number of carbonyl (C=O) groups excluding carboxylic acids is 2. The fourth-order valence-corrected chi connectivity index (χ4v) is 3.56. The molecule has 0 aliphatic carbocycles. The van der Waals surface area contributed by atoms with E-state index in [1.165, 1.54) is 34.1 Å². The van der Waals surface area contributed by atoms with Crippen molar-refractivity contribution < 1.29 is 24.0 Å². The molecule has 1 atom stereocenters. The van der Waals surface area contributed by atoms with E-state index >= 15 is 0 Å². The molecule has 2 aromatic rings. The third kappa shape index (κ3) is 4.38. The average Bonchev–Trinajstić information content (AvgIpc) is 2.93. The summed E-state index contributed by atoms with van der Waals surface area (Å²) < 4.78 is 13.5. The van der Waals surface area contributed by atoms with Gasteiger partial charge in [-0.1, -0.05) is 47.7 Å². The molecule has 1 N–H and O–H groups in total. The van der Waals surface area contributed by atoms with E-state index in [0.29, 0.717) is 24.1 Å². The van der Waals surface area contributed by atoms with E-state index < -0.39 is 29.3 Å². The molecule has 2 aromatic carbocycles. The van der Waals surface area contributed by atoms with Crippen LogP contribution in [0, 0.1) is 12.7 Å². The molecule has 29 heavy (non-hydrogen) atoms. The molecule has 1 aliphatic heterocycles. The van der Waals surface area contributed by atoms with Crippen LogP contribution >= 0.6 is 0 Å².